The molecule has 2 amide bonds. The molecule has 1 atom stereocenters. The summed E-state index contributed by atoms with van der Waals surface area (Å²) < 4.78 is 37.9. The molecule has 30 heavy (non-hydrogen) atoms. The highest BCUT2D eigenvalue weighted by molar-refractivity contribution is 7.90. The van der Waals surface area contributed by atoms with E-state index < -0.39 is 21.5 Å². The van der Waals surface area contributed by atoms with Crippen LogP contribution in [0.25, 0.3) is 0 Å². The van der Waals surface area contributed by atoms with Crippen LogP contribution in [0, 0.1) is 5.92 Å². The molecule has 166 valence electrons. The van der Waals surface area contributed by atoms with Gasteiger partial charge in [0.15, 0.2) is 11.5 Å². The first-order chi connectivity index (χ1) is 14.2. The average Bonchev–Trinajstić information content (AvgIpc) is 2.72. The standard InChI is InChI=1S/C21H30N2O6S/c1-21(11-12-23(21)19(24)13-15-7-5-4-6-8-15)20(25)22-30(26,27)16-9-10-17(28-2)18(14-16)29-3/h9-10,14-15H,4-8,11-13H2,1-3H3,(H,22,25). The van der Waals surface area contributed by atoms with Crippen molar-refractivity contribution in [2.24, 2.45) is 5.92 Å². The van der Waals surface area contributed by atoms with Crippen LogP contribution >= 0.6 is 0 Å². The first-order valence-corrected chi connectivity index (χ1v) is 11.8. The van der Waals surface area contributed by atoms with Gasteiger partial charge in [0.1, 0.15) is 5.54 Å². The van der Waals surface area contributed by atoms with Crippen molar-refractivity contribution in [2.75, 3.05) is 20.8 Å². The molecular formula is C21H30N2O6S. The molecule has 0 bridgehead atoms. The van der Waals surface area contributed by atoms with Crippen molar-refractivity contribution in [3.05, 3.63) is 18.2 Å². The van der Waals surface area contributed by atoms with Crippen LogP contribution in [0.1, 0.15) is 51.9 Å². The molecule has 9 heteroatoms. The predicted molar refractivity (Wildman–Crippen MR) is 111 cm³/mol. The monoisotopic (exact) mass is 438 g/mol. The number of hydrogen-bond acceptors (Lipinski definition) is 6. The van der Waals surface area contributed by atoms with Crippen molar-refractivity contribution in [1.82, 2.24) is 9.62 Å². The van der Waals surface area contributed by atoms with E-state index in [0.29, 0.717) is 31.1 Å². The van der Waals surface area contributed by atoms with Gasteiger partial charge in [0.05, 0.1) is 19.1 Å². The van der Waals surface area contributed by atoms with Gasteiger partial charge in [-0.05, 0) is 44.2 Å². The fourth-order valence-electron chi connectivity index (χ4n) is 4.22. The van der Waals surface area contributed by atoms with Crippen LogP contribution < -0.4 is 14.2 Å². The first kappa shape index (κ1) is 22.4. The van der Waals surface area contributed by atoms with Gasteiger partial charge in [0, 0.05) is 19.0 Å². The van der Waals surface area contributed by atoms with Gasteiger partial charge < -0.3 is 14.4 Å². The molecule has 1 unspecified atom stereocenters. The molecule has 0 radical (unpaired) electrons. The molecule has 2 aliphatic rings. The molecule has 8 nitrogen and oxygen atoms in total. The first-order valence-electron chi connectivity index (χ1n) is 10.3. The average molecular weight is 439 g/mol. The molecule has 1 saturated carbocycles. The Morgan fingerprint density at radius 1 is 1.13 bits per heavy atom. The highest BCUT2D eigenvalue weighted by Crippen LogP contribution is 2.35. The van der Waals surface area contributed by atoms with E-state index in [9.17, 15) is 18.0 Å². The van der Waals surface area contributed by atoms with Crippen molar-refractivity contribution in [1.29, 1.82) is 0 Å². The van der Waals surface area contributed by atoms with Crippen LogP contribution in [0.5, 0.6) is 11.5 Å². The van der Waals surface area contributed by atoms with Crippen molar-refractivity contribution in [2.45, 2.75) is 62.3 Å². The third-order valence-electron chi connectivity index (χ3n) is 6.29. The number of nitrogens with one attached hydrogen (secondary N) is 1. The van der Waals surface area contributed by atoms with Gasteiger partial charge in [0.25, 0.3) is 15.9 Å². The van der Waals surface area contributed by atoms with Gasteiger partial charge in [-0.2, -0.15) is 0 Å². The number of carbonyl (C=O) groups excluding carboxylic acids is 2. The second-order valence-corrected chi connectivity index (χ2v) is 9.91. The molecule has 1 aliphatic carbocycles. The number of likely N-dealkylation sites (tertiary alicyclic amines) is 1. The van der Waals surface area contributed by atoms with E-state index in [1.165, 1.54) is 43.7 Å². The molecule has 3 rings (SSSR count). The summed E-state index contributed by atoms with van der Waals surface area (Å²) in [4.78, 5) is 27.1. The van der Waals surface area contributed by atoms with Crippen molar-refractivity contribution in [3.63, 3.8) is 0 Å². The van der Waals surface area contributed by atoms with Gasteiger partial charge in [-0.3, -0.25) is 9.59 Å². The molecule has 2 fully saturated rings. The smallest absolute Gasteiger partial charge is 0.264 e. The lowest BCUT2D eigenvalue weighted by atomic mass is 9.82. The zero-order chi connectivity index (χ0) is 21.9. The molecule has 0 aromatic heterocycles. The van der Waals surface area contributed by atoms with E-state index >= 15 is 0 Å². The topological polar surface area (TPSA) is 102 Å². The van der Waals surface area contributed by atoms with E-state index in [-0.39, 0.29) is 16.6 Å². The fourth-order valence-corrected chi connectivity index (χ4v) is 5.31. The Balaban J connectivity index is 1.70. The van der Waals surface area contributed by atoms with E-state index in [1.54, 1.807) is 6.92 Å². The lowest BCUT2D eigenvalue weighted by molar-refractivity contribution is -0.157. The maximum Gasteiger partial charge on any atom is 0.264 e. The Hall–Kier alpha value is -2.29. The summed E-state index contributed by atoms with van der Waals surface area (Å²) in [5.41, 5.74) is -1.16. The summed E-state index contributed by atoms with van der Waals surface area (Å²) in [5, 5.41) is 0. The molecule has 1 saturated heterocycles. The number of nitrogens with zero attached hydrogens (tertiary/aromatic N) is 1. The number of ether oxygens (including phenoxy) is 2. The summed E-state index contributed by atoms with van der Waals surface area (Å²) in [6.07, 6.45) is 6.41. The number of hydrogen-bond donors (Lipinski definition) is 1. The van der Waals surface area contributed by atoms with Gasteiger partial charge in [-0.25, -0.2) is 13.1 Å². The molecule has 1 aromatic carbocycles. The predicted octanol–water partition coefficient (Wildman–Crippen LogP) is 2.47. The number of amides is 2. The molecule has 1 N–H and O–H groups in total. The van der Waals surface area contributed by atoms with Crippen molar-refractivity contribution in [3.8, 4) is 11.5 Å². The summed E-state index contributed by atoms with van der Waals surface area (Å²) >= 11 is 0. The minimum absolute atomic E-state index is 0.0747. The van der Waals surface area contributed by atoms with Gasteiger partial charge >= 0.3 is 0 Å². The van der Waals surface area contributed by atoms with E-state index in [0.717, 1.165) is 25.7 Å². The van der Waals surface area contributed by atoms with Crippen LogP contribution in [0.15, 0.2) is 23.1 Å². The lowest BCUT2D eigenvalue weighted by Crippen LogP contribution is -2.68. The van der Waals surface area contributed by atoms with Gasteiger partial charge in [-0.15, -0.1) is 0 Å². The zero-order valence-corrected chi connectivity index (χ0v) is 18.6. The van der Waals surface area contributed by atoms with Crippen LogP contribution in [0.4, 0.5) is 0 Å². The Bertz CT molecular complexity index is 910. The summed E-state index contributed by atoms with van der Waals surface area (Å²) in [7, 11) is -1.28. The molecule has 1 aromatic rings. The summed E-state index contributed by atoms with van der Waals surface area (Å²) in [5.74, 6) is 0.213. The van der Waals surface area contributed by atoms with E-state index in [1.807, 2.05) is 0 Å². The Labute approximate surface area is 178 Å². The van der Waals surface area contributed by atoms with E-state index in [2.05, 4.69) is 4.72 Å². The zero-order valence-electron chi connectivity index (χ0n) is 17.8. The van der Waals surface area contributed by atoms with Gasteiger partial charge in [-0.1, -0.05) is 19.3 Å². The lowest BCUT2D eigenvalue weighted by Gasteiger charge is -2.49. The molecule has 1 aliphatic heterocycles. The highest BCUT2D eigenvalue weighted by atomic mass is 32.2. The highest BCUT2D eigenvalue weighted by Gasteiger charge is 2.50. The number of sulfonamides is 1. The summed E-state index contributed by atoms with van der Waals surface area (Å²) in [6, 6.07) is 4.10. The Morgan fingerprint density at radius 3 is 2.37 bits per heavy atom. The van der Waals surface area contributed by atoms with Gasteiger partial charge in [0.2, 0.25) is 5.91 Å². The quantitative estimate of drug-likeness (QED) is 0.702. The number of methoxy groups -OCH3 is 2. The minimum Gasteiger partial charge on any atom is -0.493 e. The number of carbonyl (C=O) groups is 2. The molecule has 1 heterocycles. The number of rotatable bonds is 7. The van der Waals surface area contributed by atoms with Crippen molar-refractivity contribution >= 4 is 21.8 Å². The van der Waals surface area contributed by atoms with Crippen LogP contribution in [-0.2, 0) is 19.6 Å². The van der Waals surface area contributed by atoms with Crippen LogP contribution in [-0.4, -0.2) is 51.4 Å². The van der Waals surface area contributed by atoms with Crippen LogP contribution in [0.3, 0.4) is 0 Å². The summed E-state index contributed by atoms with van der Waals surface area (Å²) in [6.45, 7) is 2.08. The molecular weight excluding hydrogens is 408 g/mol. The number of benzene rings is 1. The van der Waals surface area contributed by atoms with E-state index in [4.69, 9.17) is 9.47 Å². The SMILES string of the molecule is COc1ccc(S(=O)(=O)NC(=O)C2(C)CCN2C(=O)CC2CCCCC2)cc1OC. The van der Waals surface area contributed by atoms with Crippen LogP contribution in [0.2, 0.25) is 0 Å². The maximum atomic E-state index is 12.9. The Kier molecular flexibility index (Phi) is 6.59. The molecule has 0 spiro atoms. The minimum atomic E-state index is -4.13. The maximum absolute atomic E-state index is 12.9. The van der Waals surface area contributed by atoms with Crippen molar-refractivity contribution < 1.29 is 27.5 Å². The third-order valence-corrected chi connectivity index (χ3v) is 7.62. The second-order valence-electron chi connectivity index (χ2n) is 8.23. The normalized spacial score (nSPS) is 22.2. The third kappa shape index (κ3) is 4.40. The Morgan fingerprint density at radius 2 is 1.80 bits per heavy atom. The second kappa shape index (κ2) is 8.83. The largest absolute Gasteiger partial charge is 0.493 e. The fraction of sp³-hybridized carbons (Fsp3) is 0.619.